The van der Waals surface area contributed by atoms with Crippen LogP contribution in [0.1, 0.15) is 18.2 Å². The highest BCUT2D eigenvalue weighted by atomic mass is 32.2. The van der Waals surface area contributed by atoms with Crippen LogP contribution in [0.2, 0.25) is 0 Å². The van der Waals surface area contributed by atoms with Gasteiger partial charge in [-0.25, -0.2) is 18.4 Å². The van der Waals surface area contributed by atoms with Crippen LogP contribution in [-0.4, -0.2) is 71.5 Å². The van der Waals surface area contributed by atoms with E-state index in [4.69, 9.17) is 4.52 Å². The number of hydrogen-bond donors (Lipinski definition) is 1. The van der Waals surface area contributed by atoms with E-state index >= 15 is 0 Å². The number of aryl methyl sites for hydroxylation is 1. The normalized spacial score (nSPS) is 16.7. The van der Waals surface area contributed by atoms with Crippen molar-refractivity contribution in [2.75, 3.05) is 38.0 Å². The summed E-state index contributed by atoms with van der Waals surface area (Å²) in [5, 5.41) is 7.34. The van der Waals surface area contributed by atoms with Crippen LogP contribution >= 0.6 is 11.3 Å². The number of nitrogens with one attached hydrogen (secondary N) is 1. The van der Waals surface area contributed by atoms with Crippen molar-refractivity contribution in [3.63, 3.8) is 0 Å². The van der Waals surface area contributed by atoms with Gasteiger partial charge in [0.05, 0.1) is 21.7 Å². The van der Waals surface area contributed by atoms with Gasteiger partial charge in [0.2, 0.25) is 0 Å². The van der Waals surface area contributed by atoms with E-state index in [1.54, 1.807) is 31.2 Å². The van der Waals surface area contributed by atoms with Gasteiger partial charge in [-0.1, -0.05) is 11.2 Å². The molecule has 38 heavy (non-hydrogen) atoms. The van der Waals surface area contributed by atoms with E-state index < -0.39 is 21.8 Å². The molecule has 0 radical (unpaired) electrons. The number of para-hydroxylation sites is 1. The molecule has 14 heteroatoms. The van der Waals surface area contributed by atoms with E-state index in [1.807, 2.05) is 6.92 Å². The van der Waals surface area contributed by atoms with Crippen LogP contribution in [0.4, 0.5) is 19.0 Å². The highest BCUT2D eigenvalue weighted by Crippen LogP contribution is 2.35. The molecule has 0 amide bonds. The Balaban J connectivity index is 1.21. The van der Waals surface area contributed by atoms with Gasteiger partial charge in [0, 0.05) is 50.2 Å². The van der Waals surface area contributed by atoms with Crippen molar-refractivity contribution < 1.29 is 26.1 Å². The minimum atomic E-state index is -4.52. The number of rotatable bonds is 7. The summed E-state index contributed by atoms with van der Waals surface area (Å²) in [5.74, 6) is 0.858. The second-order valence-corrected chi connectivity index (χ2v) is 12.4. The lowest BCUT2D eigenvalue weighted by Crippen LogP contribution is -2.50. The quantitative estimate of drug-likeness (QED) is 0.349. The minimum absolute atomic E-state index is 0.154. The first-order valence-electron chi connectivity index (χ1n) is 11.9. The molecule has 0 bridgehead atoms. The molecule has 5 rings (SSSR count). The third-order valence-electron chi connectivity index (χ3n) is 6.26. The lowest BCUT2D eigenvalue weighted by atomic mass is 10.1. The third kappa shape index (κ3) is 5.39. The fraction of sp³-hybridized carbons (Fsp3) is 0.375. The number of anilines is 1. The van der Waals surface area contributed by atoms with E-state index in [1.165, 1.54) is 10.4 Å². The number of fused-ring (bicyclic) bond motifs is 1. The second-order valence-electron chi connectivity index (χ2n) is 9.12. The molecule has 0 spiro atoms. The number of nitrogens with zero attached hydrogens (tertiary/aromatic N) is 5. The van der Waals surface area contributed by atoms with Crippen LogP contribution in [0.25, 0.3) is 21.5 Å². The van der Waals surface area contributed by atoms with Gasteiger partial charge in [0.15, 0.2) is 5.76 Å². The first-order valence-corrected chi connectivity index (χ1v) is 14.1. The molecule has 1 aromatic carbocycles. The molecular formula is C24H25F3N6O3S2. The molecule has 4 aromatic rings. The molecule has 0 saturated carbocycles. The standard InChI is InChI=1S/C24H25F3N6O3S2/c1-15-12-19(36-31-15)20-6-7-21(37-20)38(34,35)33-10-8-32(9-11-33)13-16(2)30-23-17-4-3-5-18(24(25,26)27)22(17)28-14-29-23/h3-7,12,14,16H,8-11,13H2,1-2H3,(H,28,29,30). The fourth-order valence-electron chi connectivity index (χ4n) is 4.45. The summed E-state index contributed by atoms with van der Waals surface area (Å²) in [6.45, 7) is 5.97. The summed E-state index contributed by atoms with van der Waals surface area (Å²) in [5.41, 5.74) is -0.241. The molecule has 9 nitrogen and oxygen atoms in total. The summed E-state index contributed by atoms with van der Waals surface area (Å²) in [4.78, 5) is 10.8. The minimum Gasteiger partial charge on any atom is -0.366 e. The molecule has 1 aliphatic heterocycles. The summed E-state index contributed by atoms with van der Waals surface area (Å²) in [7, 11) is -3.64. The lowest BCUT2D eigenvalue weighted by Gasteiger charge is -2.35. The first kappa shape index (κ1) is 26.5. The van der Waals surface area contributed by atoms with Crippen molar-refractivity contribution >= 4 is 38.1 Å². The number of aromatic nitrogens is 3. The number of alkyl halides is 3. The molecule has 3 aromatic heterocycles. The van der Waals surface area contributed by atoms with E-state index in [0.717, 1.165) is 29.4 Å². The van der Waals surface area contributed by atoms with Gasteiger partial charge in [-0.05, 0) is 38.1 Å². The zero-order valence-electron chi connectivity index (χ0n) is 20.6. The average molecular weight is 567 g/mol. The Morgan fingerprint density at radius 1 is 1.13 bits per heavy atom. The van der Waals surface area contributed by atoms with Crippen molar-refractivity contribution in [3.05, 3.63) is 54.0 Å². The smallest absolute Gasteiger partial charge is 0.366 e. The van der Waals surface area contributed by atoms with Gasteiger partial charge in [0.1, 0.15) is 16.4 Å². The van der Waals surface area contributed by atoms with Gasteiger partial charge in [-0.3, -0.25) is 4.90 Å². The molecule has 202 valence electrons. The number of thiophene rings is 1. The monoisotopic (exact) mass is 566 g/mol. The Kier molecular flexibility index (Phi) is 7.15. The van der Waals surface area contributed by atoms with Crippen molar-refractivity contribution in [3.8, 4) is 10.6 Å². The highest BCUT2D eigenvalue weighted by molar-refractivity contribution is 7.91. The Morgan fingerprint density at radius 2 is 1.89 bits per heavy atom. The molecule has 1 fully saturated rings. The Morgan fingerprint density at radius 3 is 2.58 bits per heavy atom. The van der Waals surface area contributed by atoms with Crippen molar-refractivity contribution in [1.29, 1.82) is 0 Å². The van der Waals surface area contributed by atoms with Crippen molar-refractivity contribution in [1.82, 2.24) is 24.3 Å². The van der Waals surface area contributed by atoms with Gasteiger partial charge in [-0.15, -0.1) is 11.3 Å². The third-order valence-corrected chi connectivity index (χ3v) is 9.73. The van der Waals surface area contributed by atoms with Gasteiger partial charge >= 0.3 is 6.18 Å². The van der Waals surface area contributed by atoms with Crippen LogP contribution in [0.5, 0.6) is 0 Å². The largest absolute Gasteiger partial charge is 0.418 e. The molecular weight excluding hydrogens is 541 g/mol. The Bertz CT molecular complexity index is 1550. The summed E-state index contributed by atoms with van der Waals surface area (Å²) in [6, 6.07) is 8.81. The number of piperazine rings is 1. The molecule has 1 saturated heterocycles. The Hall–Kier alpha value is -3.07. The summed E-state index contributed by atoms with van der Waals surface area (Å²) >= 11 is 1.15. The van der Waals surface area contributed by atoms with Gasteiger partial charge in [0.25, 0.3) is 10.0 Å². The van der Waals surface area contributed by atoms with E-state index in [2.05, 4.69) is 25.3 Å². The SMILES string of the molecule is Cc1cc(-c2ccc(S(=O)(=O)N3CCN(CC(C)Nc4ncnc5c(C(F)(F)F)cccc45)CC3)s2)on1. The van der Waals surface area contributed by atoms with Gasteiger partial charge < -0.3 is 9.84 Å². The number of hydrogen-bond acceptors (Lipinski definition) is 9. The predicted molar refractivity (Wildman–Crippen MR) is 137 cm³/mol. The van der Waals surface area contributed by atoms with Crippen LogP contribution in [0, 0.1) is 6.92 Å². The molecule has 1 N–H and O–H groups in total. The fourth-order valence-corrected chi connectivity index (χ4v) is 7.28. The number of halogens is 3. The summed E-state index contributed by atoms with van der Waals surface area (Å²) < 4.78 is 73.5. The van der Waals surface area contributed by atoms with Crippen LogP contribution < -0.4 is 5.32 Å². The second kappa shape index (κ2) is 10.2. The van der Waals surface area contributed by atoms with Crippen LogP contribution in [0.3, 0.4) is 0 Å². The molecule has 1 aliphatic rings. The lowest BCUT2D eigenvalue weighted by molar-refractivity contribution is -0.136. The van der Waals surface area contributed by atoms with Crippen molar-refractivity contribution in [2.24, 2.45) is 0 Å². The molecule has 4 heterocycles. The van der Waals surface area contributed by atoms with E-state index in [9.17, 15) is 21.6 Å². The van der Waals surface area contributed by atoms with Crippen molar-refractivity contribution in [2.45, 2.75) is 30.3 Å². The Labute approximate surface area is 221 Å². The topological polar surface area (TPSA) is 104 Å². The van der Waals surface area contributed by atoms with E-state index in [0.29, 0.717) is 54.6 Å². The van der Waals surface area contributed by atoms with Gasteiger partial charge in [-0.2, -0.15) is 17.5 Å². The predicted octanol–water partition coefficient (Wildman–Crippen LogP) is 4.48. The zero-order chi connectivity index (χ0) is 27.1. The maximum Gasteiger partial charge on any atom is 0.418 e. The van der Waals surface area contributed by atoms with Crippen LogP contribution in [-0.2, 0) is 16.2 Å². The maximum atomic E-state index is 13.4. The first-order chi connectivity index (χ1) is 18.0. The highest BCUT2D eigenvalue weighted by Gasteiger charge is 2.34. The molecule has 1 atom stereocenters. The number of benzene rings is 1. The maximum absolute atomic E-state index is 13.4. The van der Waals surface area contributed by atoms with E-state index in [-0.39, 0.29) is 15.8 Å². The zero-order valence-corrected chi connectivity index (χ0v) is 22.2. The van der Waals surface area contributed by atoms with Crippen LogP contribution in [0.15, 0.2) is 51.5 Å². The average Bonchev–Trinajstić information content (AvgIpc) is 3.53. The summed E-state index contributed by atoms with van der Waals surface area (Å²) in [6.07, 6.45) is -3.40. The molecule has 0 aliphatic carbocycles. The molecule has 1 unspecified atom stereocenters. The number of sulfonamides is 1.